The summed E-state index contributed by atoms with van der Waals surface area (Å²) in [4.78, 5) is 15.2. The van der Waals surface area contributed by atoms with Crippen molar-refractivity contribution in [2.45, 2.75) is 19.5 Å². The third-order valence-corrected chi connectivity index (χ3v) is 6.66. The fourth-order valence-corrected chi connectivity index (χ4v) is 5.05. The zero-order valence-electron chi connectivity index (χ0n) is 18.4. The highest BCUT2D eigenvalue weighted by atomic mass is 16.2. The number of nitrogens with zero attached hydrogens (tertiary/aromatic N) is 2. The van der Waals surface area contributed by atoms with Gasteiger partial charge in [-0.25, -0.2) is 4.79 Å². The van der Waals surface area contributed by atoms with Crippen LogP contribution in [-0.4, -0.2) is 22.0 Å². The van der Waals surface area contributed by atoms with Crippen LogP contribution < -0.4 is 5.32 Å². The van der Waals surface area contributed by atoms with Crippen molar-refractivity contribution < 1.29 is 4.79 Å². The van der Waals surface area contributed by atoms with Gasteiger partial charge in [-0.15, -0.1) is 0 Å². The van der Waals surface area contributed by atoms with Gasteiger partial charge < -0.3 is 14.8 Å². The lowest BCUT2D eigenvalue weighted by Gasteiger charge is -2.28. The predicted octanol–water partition coefficient (Wildman–Crippen LogP) is 6.43. The van der Waals surface area contributed by atoms with Gasteiger partial charge in [0.15, 0.2) is 0 Å². The molecule has 4 heteroatoms. The number of hydrogen-bond acceptors (Lipinski definition) is 1. The first-order valence-electron chi connectivity index (χ1n) is 11.4. The summed E-state index contributed by atoms with van der Waals surface area (Å²) in [5, 5.41) is 6.59. The lowest BCUT2D eigenvalue weighted by atomic mass is 10.0. The maximum Gasteiger partial charge on any atom is 0.322 e. The Kier molecular flexibility index (Phi) is 4.84. The molecule has 1 aromatic heterocycles. The summed E-state index contributed by atoms with van der Waals surface area (Å²) in [5.41, 5.74) is 5.99. The highest BCUT2D eigenvalue weighted by molar-refractivity contribution is 6.01. The van der Waals surface area contributed by atoms with Crippen LogP contribution in [0.5, 0.6) is 0 Å². The number of hydrogen-bond donors (Lipinski definition) is 1. The molecule has 1 aliphatic heterocycles. The topological polar surface area (TPSA) is 37.3 Å². The van der Waals surface area contributed by atoms with Crippen molar-refractivity contribution >= 4 is 33.4 Å². The molecule has 0 saturated carbocycles. The Balaban J connectivity index is 1.31. The lowest BCUT2D eigenvalue weighted by molar-refractivity contribution is 0.206. The molecule has 0 atom stereocenters. The van der Waals surface area contributed by atoms with Gasteiger partial charge in [0.1, 0.15) is 0 Å². The second-order valence-electron chi connectivity index (χ2n) is 8.64. The SMILES string of the molecule is O=C(Nc1cccc2ccccc12)N1CCc2c(c3ccccc3n2Cc2ccccc2)C1. The van der Waals surface area contributed by atoms with E-state index in [1.807, 2.05) is 29.2 Å². The fraction of sp³-hybridized carbons (Fsp3) is 0.138. The summed E-state index contributed by atoms with van der Waals surface area (Å²) in [6.45, 7) is 2.17. The van der Waals surface area contributed by atoms with Crippen LogP contribution in [0.3, 0.4) is 0 Å². The summed E-state index contributed by atoms with van der Waals surface area (Å²) < 4.78 is 2.43. The van der Waals surface area contributed by atoms with Gasteiger partial charge in [-0.3, -0.25) is 0 Å². The van der Waals surface area contributed by atoms with Crippen LogP contribution in [0.15, 0.2) is 97.1 Å². The highest BCUT2D eigenvalue weighted by Crippen LogP contribution is 2.32. The molecule has 0 saturated heterocycles. The third kappa shape index (κ3) is 3.54. The number of aromatic nitrogens is 1. The first kappa shape index (κ1) is 19.6. The number of anilines is 1. The molecule has 4 nitrogen and oxygen atoms in total. The largest absolute Gasteiger partial charge is 0.340 e. The Morgan fingerprint density at radius 1 is 0.788 bits per heavy atom. The van der Waals surface area contributed by atoms with Crippen molar-refractivity contribution in [3.63, 3.8) is 0 Å². The van der Waals surface area contributed by atoms with Crippen molar-refractivity contribution in [2.24, 2.45) is 0 Å². The third-order valence-electron chi connectivity index (χ3n) is 6.66. The zero-order chi connectivity index (χ0) is 22.2. The summed E-state index contributed by atoms with van der Waals surface area (Å²) in [5.74, 6) is 0. The Bertz CT molecular complexity index is 1460. The zero-order valence-corrected chi connectivity index (χ0v) is 18.4. The van der Waals surface area contributed by atoms with E-state index in [9.17, 15) is 4.79 Å². The van der Waals surface area contributed by atoms with Crippen LogP contribution in [0.2, 0.25) is 0 Å². The Labute approximate surface area is 193 Å². The molecule has 2 heterocycles. The summed E-state index contributed by atoms with van der Waals surface area (Å²) >= 11 is 0. The van der Waals surface area contributed by atoms with Crippen molar-refractivity contribution in [1.29, 1.82) is 0 Å². The average molecular weight is 432 g/mol. The van der Waals surface area contributed by atoms with Crippen LogP contribution in [0.4, 0.5) is 10.5 Å². The maximum atomic E-state index is 13.3. The molecule has 4 aromatic carbocycles. The summed E-state index contributed by atoms with van der Waals surface area (Å²) in [6.07, 6.45) is 0.847. The van der Waals surface area contributed by atoms with E-state index in [2.05, 4.69) is 82.7 Å². The van der Waals surface area contributed by atoms with E-state index in [-0.39, 0.29) is 6.03 Å². The van der Waals surface area contributed by atoms with Gasteiger partial charge >= 0.3 is 6.03 Å². The van der Waals surface area contributed by atoms with Crippen LogP contribution in [0.1, 0.15) is 16.8 Å². The molecular weight excluding hydrogens is 406 g/mol. The molecular formula is C29H25N3O. The minimum absolute atomic E-state index is 0.0445. The fourth-order valence-electron chi connectivity index (χ4n) is 5.05. The first-order chi connectivity index (χ1) is 16.3. The second-order valence-corrected chi connectivity index (χ2v) is 8.64. The van der Waals surface area contributed by atoms with E-state index in [1.54, 1.807) is 0 Å². The van der Waals surface area contributed by atoms with Gasteiger partial charge in [0.25, 0.3) is 0 Å². The first-order valence-corrected chi connectivity index (χ1v) is 11.4. The van der Waals surface area contributed by atoms with Gasteiger partial charge in [0.05, 0.1) is 5.69 Å². The molecule has 0 spiro atoms. The molecule has 0 aliphatic carbocycles. The Morgan fingerprint density at radius 3 is 2.39 bits per heavy atom. The Hall–Kier alpha value is -4.05. The molecule has 0 radical (unpaired) electrons. The van der Waals surface area contributed by atoms with Gasteiger partial charge in [0.2, 0.25) is 0 Å². The normalized spacial score (nSPS) is 13.3. The van der Waals surface area contributed by atoms with Crippen LogP contribution in [0, 0.1) is 0 Å². The number of carbonyl (C=O) groups is 1. The summed E-state index contributed by atoms with van der Waals surface area (Å²) in [6, 6.07) is 33.3. The molecule has 1 N–H and O–H groups in total. The van der Waals surface area contributed by atoms with Gasteiger partial charge in [0, 0.05) is 53.6 Å². The molecule has 1 aliphatic rings. The van der Waals surface area contributed by atoms with E-state index >= 15 is 0 Å². The van der Waals surface area contributed by atoms with Gasteiger partial charge in [-0.2, -0.15) is 0 Å². The Morgan fingerprint density at radius 2 is 1.52 bits per heavy atom. The predicted molar refractivity (Wildman–Crippen MR) is 135 cm³/mol. The minimum Gasteiger partial charge on any atom is -0.340 e. The smallest absolute Gasteiger partial charge is 0.322 e. The molecule has 162 valence electrons. The molecule has 6 rings (SSSR count). The van der Waals surface area contributed by atoms with E-state index in [1.165, 1.54) is 27.7 Å². The van der Waals surface area contributed by atoms with E-state index in [0.29, 0.717) is 13.1 Å². The number of benzene rings is 4. The van der Waals surface area contributed by atoms with Crippen LogP contribution in [0.25, 0.3) is 21.7 Å². The maximum absolute atomic E-state index is 13.3. The number of fused-ring (bicyclic) bond motifs is 4. The molecule has 2 amide bonds. The number of urea groups is 1. The van der Waals surface area contributed by atoms with E-state index in [0.717, 1.165) is 29.4 Å². The standard InChI is InChI=1S/C29H25N3O/c33-29(30-26-15-8-12-22-11-4-5-13-23(22)26)31-18-17-28-25(20-31)24-14-6-7-16-27(24)32(28)19-21-9-2-1-3-10-21/h1-16H,17-20H2,(H,30,33). The number of para-hydroxylation sites is 1. The number of amides is 2. The number of nitrogens with one attached hydrogen (secondary N) is 1. The van der Waals surface area contributed by atoms with E-state index < -0.39 is 0 Å². The quantitative estimate of drug-likeness (QED) is 0.351. The molecule has 5 aromatic rings. The van der Waals surface area contributed by atoms with Crippen molar-refractivity contribution in [2.75, 3.05) is 11.9 Å². The van der Waals surface area contributed by atoms with Crippen molar-refractivity contribution in [1.82, 2.24) is 9.47 Å². The number of rotatable bonds is 3. The number of carbonyl (C=O) groups excluding carboxylic acids is 1. The van der Waals surface area contributed by atoms with Crippen molar-refractivity contribution in [3.8, 4) is 0 Å². The van der Waals surface area contributed by atoms with E-state index in [4.69, 9.17) is 0 Å². The van der Waals surface area contributed by atoms with Gasteiger partial charge in [-0.05, 0) is 23.1 Å². The van der Waals surface area contributed by atoms with Gasteiger partial charge in [-0.1, -0.05) is 84.9 Å². The van der Waals surface area contributed by atoms with Crippen LogP contribution in [-0.2, 0) is 19.5 Å². The molecule has 33 heavy (non-hydrogen) atoms. The molecule has 0 unspecified atom stereocenters. The molecule has 0 fully saturated rings. The van der Waals surface area contributed by atoms with Crippen LogP contribution >= 0.6 is 0 Å². The van der Waals surface area contributed by atoms with Crippen molar-refractivity contribution in [3.05, 3.63) is 114 Å². The highest BCUT2D eigenvalue weighted by Gasteiger charge is 2.26. The minimum atomic E-state index is -0.0445. The monoisotopic (exact) mass is 431 g/mol. The molecule has 0 bridgehead atoms. The lowest BCUT2D eigenvalue weighted by Crippen LogP contribution is -2.39. The second kappa shape index (κ2) is 8.14. The summed E-state index contributed by atoms with van der Waals surface area (Å²) in [7, 11) is 0. The average Bonchev–Trinajstić information content (AvgIpc) is 3.18.